The lowest BCUT2D eigenvalue weighted by molar-refractivity contribution is 0.777. The van der Waals surface area contributed by atoms with Crippen molar-refractivity contribution in [1.29, 1.82) is 0 Å². The van der Waals surface area contributed by atoms with E-state index in [1.165, 1.54) is 4.68 Å². The van der Waals surface area contributed by atoms with E-state index in [9.17, 15) is 0 Å². The van der Waals surface area contributed by atoms with Gasteiger partial charge in [-0.2, -0.15) is 4.68 Å². The SMILES string of the molecule is Cc1ccc(-n2nnnc2CCl)c(Cl)c1. The number of aromatic nitrogens is 4. The van der Waals surface area contributed by atoms with Crippen LogP contribution in [0.1, 0.15) is 11.4 Å². The molecule has 0 fully saturated rings. The molecule has 1 aromatic heterocycles. The van der Waals surface area contributed by atoms with Gasteiger partial charge in [0.2, 0.25) is 0 Å². The number of alkyl halides is 1. The molecule has 78 valence electrons. The molecule has 1 aromatic carbocycles. The molecule has 0 amide bonds. The van der Waals surface area contributed by atoms with Crippen LogP contribution < -0.4 is 0 Å². The minimum atomic E-state index is 0.247. The van der Waals surface area contributed by atoms with Gasteiger partial charge in [-0.15, -0.1) is 16.7 Å². The van der Waals surface area contributed by atoms with Crippen LogP contribution in [0, 0.1) is 6.92 Å². The molecule has 0 unspecified atom stereocenters. The first-order chi connectivity index (χ1) is 7.22. The molecular weight excluding hydrogens is 235 g/mol. The number of tetrazole rings is 1. The Morgan fingerprint density at radius 3 is 2.87 bits per heavy atom. The monoisotopic (exact) mass is 242 g/mol. The highest BCUT2D eigenvalue weighted by atomic mass is 35.5. The summed E-state index contributed by atoms with van der Waals surface area (Å²) in [6.45, 7) is 1.97. The smallest absolute Gasteiger partial charge is 0.171 e. The van der Waals surface area contributed by atoms with Crippen LogP contribution in [0.25, 0.3) is 5.69 Å². The Morgan fingerprint density at radius 1 is 1.40 bits per heavy atom. The predicted molar refractivity (Wildman–Crippen MR) is 58.5 cm³/mol. The summed E-state index contributed by atoms with van der Waals surface area (Å²) in [5.41, 5.74) is 1.83. The van der Waals surface area contributed by atoms with Gasteiger partial charge in [-0.1, -0.05) is 17.7 Å². The molecule has 0 aliphatic carbocycles. The van der Waals surface area contributed by atoms with Gasteiger partial charge < -0.3 is 0 Å². The maximum absolute atomic E-state index is 6.09. The number of nitrogens with zero attached hydrogens (tertiary/aromatic N) is 4. The van der Waals surface area contributed by atoms with E-state index in [2.05, 4.69) is 15.5 Å². The first kappa shape index (κ1) is 10.4. The molecule has 0 saturated carbocycles. The summed E-state index contributed by atoms with van der Waals surface area (Å²) in [5, 5.41) is 11.8. The Bertz CT molecular complexity index is 481. The minimum Gasteiger partial charge on any atom is -0.195 e. The van der Waals surface area contributed by atoms with Crippen LogP contribution in [0.4, 0.5) is 0 Å². The van der Waals surface area contributed by atoms with Crippen molar-refractivity contribution in [3.63, 3.8) is 0 Å². The van der Waals surface area contributed by atoms with E-state index < -0.39 is 0 Å². The van der Waals surface area contributed by atoms with Crippen LogP contribution in [-0.4, -0.2) is 20.2 Å². The minimum absolute atomic E-state index is 0.247. The fourth-order valence-electron chi connectivity index (χ4n) is 1.26. The zero-order valence-corrected chi connectivity index (χ0v) is 9.50. The molecule has 0 spiro atoms. The van der Waals surface area contributed by atoms with E-state index in [0.29, 0.717) is 10.8 Å². The number of halogens is 2. The van der Waals surface area contributed by atoms with Gasteiger partial charge in [-0.25, -0.2) is 0 Å². The van der Waals surface area contributed by atoms with Crippen molar-refractivity contribution < 1.29 is 0 Å². The highest BCUT2D eigenvalue weighted by molar-refractivity contribution is 6.32. The lowest BCUT2D eigenvalue weighted by Gasteiger charge is -2.05. The van der Waals surface area contributed by atoms with Crippen LogP contribution in [0.3, 0.4) is 0 Å². The molecule has 1 heterocycles. The molecule has 0 radical (unpaired) electrons. The molecule has 2 rings (SSSR count). The third-order valence-electron chi connectivity index (χ3n) is 1.98. The molecule has 4 nitrogen and oxygen atoms in total. The standard InChI is InChI=1S/C9H8Cl2N4/c1-6-2-3-8(7(11)4-6)15-9(5-10)12-13-14-15/h2-4H,5H2,1H3. The van der Waals surface area contributed by atoms with Crippen molar-refractivity contribution in [3.8, 4) is 5.69 Å². The molecule has 0 atom stereocenters. The third kappa shape index (κ3) is 1.96. The number of aryl methyl sites for hydroxylation is 1. The second-order valence-corrected chi connectivity index (χ2v) is 3.77. The number of rotatable bonds is 2. The van der Waals surface area contributed by atoms with Crippen LogP contribution in [0.5, 0.6) is 0 Å². The quantitative estimate of drug-likeness (QED) is 0.760. The summed E-state index contributed by atoms with van der Waals surface area (Å²) in [5.74, 6) is 0.819. The molecule has 0 saturated heterocycles. The molecular formula is C9H8Cl2N4. The molecule has 0 bridgehead atoms. The van der Waals surface area contributed by atoms with Gasteiger partial charge >= 0.3 is 0 Å². The Balaban J connectivity index is 2.54. The van der Waals surface area contributed by atoms with Gasteiger partial charge in [0.25, 0.3) is 0 Å². The second kappa shape index (κ2) is 4.16. The summed E-state index contributed by atoms with van der Waals surface area (Å²) in [6, 6.07) is 5.67. The lowest BCUT2D eigenvalue weighted by atomic mass is 10.2. The van der Waals surface area contributed by atoms with Crippen molar-refractivity contribution in [2.45, 2.75) is 12.8 Å². The van der Waals surface area contributed by atoms with Gasteiger partial charge in [-0.05, 0) is 35.0 Å². The Kier molecular flexibility index (Phi) is 2.88. The van der Waals surface area contributed by atoms with Crippen molar-refractivity contribution >= 4 is 23.2 Å². The number of hydrogen-bond donors (Lipinski definition) is 0. The Labute approximate surface area is 96.8 Å². The van der Waals surface area contributed by atoms with E-state index in [-0.39, 0.29) is 5.88 Å². The highest BCUT2D eigenvalue weighted by Crippen LogP contribution is 2.21. The van der Waals surface area contributed by atoms with Gasteiger partial charge in [0.05, 0.1) is 16.6 Å². The van der Waals surface area contributed by atoms with E-state index >= 15 is 0 Å². The second-order valence-electron chi connectivity index (χ2n) is 3.10. The average molecular weight is 243 g/mol. The van der Waals surface area contributed by atoms with Gasteiger partial charge in [0.1, 0.15) is 0 Å². The van der Waals surface area contributed by atoms with E-state index in [1.54, 1.807) is 0 Å². The van der Waals surface area contributed by atoms with Crippen LogP contribution in [-0.2, 0) is 5.88 Å². The van der Waals surface area contributed by atoms with E-state index in [0.717, 1.165) is 11.3 Å². The predicted octanol–water partition coefficient (Wildman–Crippen LogP) is 2.36. The van der Waals surface area contributed by atoms with E-state index in [1.807, 2.05) is 25.1 Å². The average Bonchev–Trinajstić information content (AvgIpc) is 2.65. The zero-order chi connectivity index (χ0) is 10.8. The van der Waals surface area contributed by atoms with E-state index in [4.69, 9.17) is 23.2 Å². The summed E-state index contributed by atoms with van der Waals surface area (Å²) in [6.07, 6.45) is 0. The first-order valence-electron chi connectivity index (χ1n) is 4.32. The zero-order valence-electron chi connectivity index (χ0n) is 7.98. The lowest BCUT2D eigenvalue weighted by Crippen LogP contribution is -2.02. The maximum Gasteiger partial charge on any atom is 0.171 e. The summed E-state index contributed by atoms with van der Waals surface area (Å²) < 4.78 is 1.54. The van der Waals surface area contributed by atoms with Crippen molar-refractivity contribution in [1.82, 2.24) is 20.2 Å². The Morgan fingerprint density at radius 2 is 2.20 bits per heavy atom. The molecule has 6 heteroatoms. The summed E-state index contributed by atoms with van der Waals surface area (Å²) in [7, 11) is 0. The molecule has 0 aliphatic rings. The highest BCUT2D eigenvalue weighted by Gasteiger charge is 2.09. The summed E-state index contributed by atoms with van der Waals surface area (Å²) in [4.78, 5) is 0. The van der Waals surface area contributed by atoms with Crippen LogP contribution in [0.2, 0.25) is 5.02 Å². The topological polar surface area (TPSA) is 43.6 Å². The maximum atomic E-state index is 6.09. The van der Waals surface area contributed by atoms with Gasteiger partial charge in [0, 0.05) is 0 Å². The number of hydrogen-bond acceptors (Lipinski definition) is 3. The fraction of sp³-hybridized carbons (Fsp3) is 0.222. The van der Waals surface area contributed by atoms with Gasteiger partial charge in [-0.3, -0.25) is 0 Å². The van der Waals surface area contributed by atoms with Crippen LogP contribution >= 0.6 is 23.2 Å². The third-order valence-corrected chi connectivity index (χ3v) is 2.53. The first-order valence-corrected chi connectivity index (χ1v) is 5.23. The Hall–Kier alpha value is -1.13. The summed E-state index contributed by atoms with van der Waals surface area (Å²) >= 11 is 11.8. The van der Waals surface area contributed by atoms with Crippen molar-refractivity contribution in [2.24, 2.45) is 0 Å². The van der Waals surface area contributed by atoms with Crippen LogP contribution in [0.15, 0.2) is 18.2 Å². The molecule has 0 aliphatic heterocycles. The fourth-order valence-corrected chi connectivity index (χ4v) is 1.74. The van der Waals surface area contributed by atoms with Gasteiger partial charge in [0.15, 0.2) is 5.82 Å². The van der Waals surface area contributed by atoms with Crippen molar-refractivity contribution in [3.05, 3.63) is 34.6 Å². The van der Waals surface area contributed by atoms with Crippen molar-refractivity contribution in [2.75, 3.05) is 0 Å². The largest absolute Gasteiger partial charge is 0.195 e. The normalized spacial score (nSPS) is 10.6. The number of benzene rings is 1. The molecule has 15 heavy (non-hydrogen) atoms. The molecule has 0 N–H and O–H groups in total. The molecule has 2 aromatic rings.